The molecule has 302 valence electrons. The van der Waals surface area contributed by atoms with Gasteiger partial charge in [0.05, 0.1) is 44.1 Å². The van der Waals surface area contributed by atoms with Crippen LogP contribution in [0.2, 0.25) is 0 Å². The molecule has 12 aromatic rings. The van der Waals surface area contributed by atoms with Crippen LogP contribution in [0.3, 0.4) is 0 Å². The number of benzene rings is 7. The first-order chi connectivity index (χ1) is 31.8. The maximum absolute atomic E-state index is 5.85. The van der Waals surface area contributed by atoms with Gasteiger partial charge in [0.2, 0.25) is 31.5 Å². The van der Waals surface area contributed by atoms with Crippen LogP contribution in [0.25, 0.3) is 67.6 Å². The second-order valence-corrected chi connectivity index (χ2v) is 21.3. The van der Waals surface area contributed by atoms with Crippen molar-refractivity contribution in [3.63, 3.8) is 0 Å². The van der Waals surface area contributed by atoms with Crippen molar-refractivity contribution in [1.29, 1.82) is 0 Å². The fourth-order valence-corrected chi connectivity index (χ4v) is 16.9. The first kappa shape index (κ1) is 35.7. The first-order valence-electron chi connectivity index (χ1n) is 21.5. The van der Waals surface area contributed by atoms with Gasteiger partial charge in [0.1, 0.15) is 5.45 Å². The Morgan fingerprint density at radius 1 is 0.422 bits per heavy atom. The molecule has 64 heavy (non-hydrogen) atoms. The molecule has 0 amide bonds. The van der Waals surface area contributed by atoms with Crippen molar-refractivity contribution in [3.05, 3.63) is 206 Å². The van der Waals surface area contributed by atoms with Gasteiger partial charge in [0.25, 0.3) is 0 Å². The van der Waals surface area contributed by atoms with E-state index in [1.54, 1.807) is 0 Å². The van der Waals surface area contributed by atoms with Crippen LogP contribution in [0.4, 0.5) is 0 Å². The zero-order valence-electron chi connectivity index (χ0n) is 34.1. The number of nitrogens with zero attached hydrogens (tertiary/aromatic N) is 9. The largest absolute Gasteiger partial charge is 0.276 e. The summed E-state index contributed by atoms with van der Waals surface area (Å²) in [5, 5.41) is 3.92. The summed E-state index contributed by atoms with van der Waals surface area (Å²) >= 11 is 1.96. The first-order valence-corrected chi connectivity index (χ1v) is 24.4. The molecule has 2 atom stereocenters. The third-order valence-electron chi connectivity index (χ3n) is 13.1. The van der Waals surface area contributed by atoms with Crippen LogP contribution >= 0.6 is 11.8 Å². The lowest BCUT2D eigenvalue weighted by Crippen LogP contribution is -2.77. The van der Waals surface area contributed by atoms with E-state index in [1.165, 1.54) is 26.0 Å². The normalized spacial score (nSPS) is 15.9. The Morgan fingerprint density at radius 3 is 1.47 bits per heavy atom. The van der Waals surface area contributed by atoms with E-state index in [0.29, 0.717) is 17.1 Å². The summed E-state index contributed by atoms with van der Waals surface area (Å²) in [5.41, 5.74) is 9.80. The Kier molecular flexibility index (Phi) is 7.57. The van der Waals surface area contributed by atoms with Gasteiger partial charge < -0.3 is 0 Å². The molecule has 14 rings (SSSR count). The Labute approximate surface area is 371 Å². The predicted molar refractivity (Wildman–Crippen MR) is 260 cm³/mol. The van der Waals surface area contributed by atoms with Gasteiger partial charge in [-0.3, -0.25) is 8.80 Å². The number of fused-ring (bicyclic) bond motifs is 13. The zero-order valence-corrected chi connectivity index (χ0v) is 36.0. The average Bonchev–Trinajstić information content (AvgIpc) is 4.16. The lowest BCUT2D eigenvalue weighted by Gasteiger charge is -2.33. The van der Waals surface area contributed by atoms with Gasteiger partial charge in [-0.15, -0.1) is 11.8 Å². The molecule has 9 nitrogen and oxygen atoms in total. The highest BCUT2D eigenvalue weighted by Crippen LogP contribution is 2.47. The molecule has 0 radical (unpaired) electrons. The minimum atomic E-state index is -3.45. The van der Waals surface area contributed by atoms with Crippen molar-refractivity contribution in [1.82, 2.24) is 42.9 Å². The van der Waals surface area contributed by atoms with Gasteiger partial charge in [0, 0.05) is 16.1 Å². The molecule has 1 aliphatic carbocycles. The number of rotatable bonds is 6. The standard InChI is InChI=1S/C53H35N9SSi/c1-3-18-34(19-4-1)64(35-20-5-2-6-21-35,47-33-17-23-37-36-22-7-16-32-46(36)63-48(37)47)51-57-49(61-44-30-14-12-28-42(44)59-40-26-10-8-24-38(40)54-52(59)61)56-50(58-51)62-45-31-15-13-29-43(45)60-41-27-11-9-25-39(41)55-53(60)62/h1-33,36,46H. The number of hydrogen-bond acceptors (Lipinski definition) is 6. The molecule has 5 aromatic heterocycles. The molecule has 0 N–H and O–H groups in total. The number of thioether (sulfide) groups is 1. The summed E-state index contributed by atoms with van der Waals surface area (Å²) in [6.45, 7) is 0. The fourth-order valence-electron chi connectivity index (χ4n) is 10.4. The fraction of sp³-hybridized carbons (Fsp3) is 0.0377. The molecule has 7 aromatic carbocycles. The van der Waals surface area contributed by atoms with Crippen LogP contribution in [-0.4, -0.2) is 56.2 Å². The van der Waals surface area contributed by atoms with Crippen LogP contribution < -0.4 is 21.0 Å². The lowest BCUT2D eigenvalue weighted by atomic mass is 9.93. The van der Waals surface area contributed by atoms with Crippen LogP contribution in [-0.2, 0) is 0 Å². The van der Waals surface area contributed by atoms with Gasteiger partial charge in [0.15, 0.2) is 0 Å². The Bertz CT molecular complexity index is 3710. The summed E-state index contributed by atoms with van der Waals surface area (Å²) in [6.07, 6.45) is 9.08. The Morgan fingerprint density at radius 2 is 0.906 bits per heavy atom. The number of para-hydroxylation sites is 8. The second-order valence-electron chi connectivity index (χ2n) is 16.5. The molecular weight excluding hydrogens is 823 g/mol. The minimum Gasteiger partial charge on any atom is -0.276 e. The van der Waals surface area contributed by atoms with Gasteiger partial charge in [-0.1, -0.05) is 152 Å². The van der Waals surface area contributed by atoms with Crippen molar-refractivity contribution in [2.24, 2.45) is 0 Å². The summed E-state index contributed by atoms with van der Waals surface area (Å²) in [7, 11) is -3.45. The van der Waals surface area contributed by atoms with Gasteiger partial charge >= 0.3 is 0 Å². The molecule has 6 heterocycles. The third-order valence-corrected chi connectivity index (χ3v) is 19.2. The molecule has 0 saturated carbocycles. The zero-order chi connectivity index (χ0) is 41.9. The highest BCUT2D eigenvalue weighted by atomic mass is 32.2. The average molecular weight is 858 g/mol. The third kappa shape index (κ3) is 4.87. The summed E-state index contributed by atoms with van der Waals surface area (Å²) in [6, 6.07) is 62.3. The van der Waals surface area contributed by atoms with Crippen molar-refractivity contribution in [2.45, 2.75) is 16.1 Å². The van der Waals surface area contributed by atoms with Crippen LogP contribution in [0, 0.1) is 0 Å². The van der Waals surface area contributed by atoms with Crippen LogP contribution in [0.5, 0.6) is 0 Å². The van der Waals surface area contributed by atoms with E-state index in [4.69, 9.17) is 24.9 Å². The van der Waals surface area contributed by atoms with Crippen LogP contribution in [0.1, 0.15) is 11.5 Å². The topological polar surface area (TPSA) is 83.1 Å². The van der Waals surface area contributed by atoms with E-state index < -0.39 is 8.07 Å². The number of hydrogen-bond donors (Lipinski definition) is 0. The van der Waals surface area contributed by atoms with Gasteiger partial charge in [-0.2, -0.15) is 4.98 Å². The number of imidazole rings is 4. The second kappa shape index (κ2) is 13.6. The van der Waals surface area contributed by atoms with Crippen molar-refractivity contribution < 1.29 is 0 Å². The Balaban J connectivity index is 1.18. The molecular formula is C53H35N9SSi. The van der Waals surface area contributed by atoms with E-state index in [1.807, 2.05) is 23.9 Å². The smallest absolute Gasteiger partial charge is 0.241 e. The van der Waals surface area contributed by atoms with Gasteiger partial charge in [-0.25, -0.2) is 29.1 Å². The molecule has 2 unspecified atom stereocenters. The van der Waals surface area contributed by atoms with E-state index >= 15 is 0 Å². The quantitative estimate of drug-likeness (QED) is 0.124. The highest BCUT2D eigenvalue weighted by molar-refractivity contribution is 8.00. The van der Waals surface area contributed by atoms with E-state index in [2.05, 4.69) is 206 Å². The predicted octanol–water partition coefficient (Wildman–Crippen LogP) is 8.42. The molecule has 0 fully saturated rings. The summed E-state index contributed by atoms with van der Waals surface area (Å²) < 4.78 is 8.69. The maximum Gasteiger partial charge on any atom is 0.241 e. The van der Waals surface area contributed by atoms with E-state index in [0.717, 1.165) is 61.1 Å². The number of aromatic nitrogens is 9. The van der Waals surface area contributed by atoms with E-state index in [-0.39, 0.29) is 5.92 Å². The SMILES string of the molecule is C1=CC2Sc3c(cccc3[Si](c3ccccc3)(c3ccccc3)c3nc(-n4c5ccccc5n5c6ccccc6nc45)nc(-n4c5ccccc5n5c6ccccc6nc45)n3)C2C=C1. The molecule has 0 saturated heterocycles. The summed E-state index contributed by atoms with van der Waals surface area (Å²) in [4.78, 5) is 29.2. The highest BCUT2D eigenvalue weighted by Gasteiger charge is 2.49. The Hall–Kier alpha value is -7.86. The maximum atomic E-state index is 5.85. The lowest BCUT2D eigenvalue weighted by molar-refractivity contribution is 0.881. The molecule has 0 bridgehead atoms. The van der Waals surface area contributed by atoms with E-state index in [9.17, 15) is 0 Å². The van der Waals surface area contributed by atoms with Crippen molar-refractivity contribution >= 4 is 96.5 Å². The minimum absolute atomic E-state index is 0.274. The molecule has 0 spiro atoms. The molecule has 1 aliphatic heterocycles. The van der Waals surface area contributed by atoms with Crippen molar-refractivity contribution in [3.8, 4) is 11.9 Å². The van der Waals surface area contributed by atoms with Crippen molar-refractivity contribution in [2.75, 3.05) is 0 Å². The van der Waals surface area contributed by atoms with Crippen LogP contribution in [0.15, 0.2) is 205 Å². The van der Waals surface area contributed by atoms with Gasteiger partial charge in [-0.05, 0) is 69.7 Å². The molecule has 2 aliphatic rings. The monoisotopic (exact) mass is 857 g/mol. The molecule has 11 heteroatoms. The number of allylic oxidation sites excluding steroid dienone is 3. The summed E-state index contributed by atoms with van der Waals surface area (Å²) in [5.74, 6) is 2.69.